The van der Waals surface area contributed by atoms with Crippen LogP contribution in [0.1, 0.15) is 46.5 Å². The molecular weight excluding hydrogens is 256 g/mol. The highest BCUT2D eigenvalue weighted by atomic mass is 16.8. The standard InChI is InChI=1S/C16H24O4/c1-8-6-9-4-5-11-13(12(9)10(17)7-8)14-15(18-11)20-16(2,3)19-14/h8-9,11-15H,4-7H2,1-3H3/t8?,9-,11-,12-,13+,14-,15-/m1/s1. The van der Waals surface area contributed by atoms with E-state index >= 15 is 0 Å². The van der Waals surface area contributed by atoms with Crippen LogP contribution in [0.2, 0.25) is 0 Å². The van der Waals surface area contributed by atoms with Crippen LogP contribution in [0.3, 0.4) is 0 Å². The third-order valence-electron chi connectivity index (χ3n) is 5.58. The zero-order chi connectivity index (χ0) is 14.1. The van der Waals surface area contributed by atoms with Crippen LogP contribution >= 0.6 is 0 Å². The summed E-state index contributed by atoms with van der Waals surface area (Å²) in [6.45, 7) is 6.05. The molecule has 112 valence electrons. The SMILES string of the molecule is CC1CC(=O)[C@H]2[C@H](CC[C@H]3O[C@@H]4OC(C)(C)O[C@@H]4[C@H]23)C1. The fraction of sp³-hybridized carbons (Fsp3) is 0.938. The lowest BCUT2D eigenvalue weighted by Gasteiger charge is -2.44. The van der Waals surface area contributed by atoms with E-state index in [-0.39, 0.29) is 30.3 Å². The Kier molecular flexibility index (Phi) is 2.83. The van der Waals surface area contributed by atoms with Gasteiger partial charge in [-0.05, 0) is 44.9 Å². The predicted molar refractivity (Wildman–Crippen MR) is 71.8 cm³/mol. The summed E-state index contributed by atoms with van der Waals surface area (Å²) in [5.41, 5.74) is 0. The summed E-state index contributed by atoms with van der Waals surface area (Å²) in [5, 5.41) is 0. The Labute approximate surface area is 120 Å². The Morgan fingerprint density at radius 2 is 2.00 bits per heavy atom. The predicted octanol–water partition coefficient (Wildman–Crippen LogP) is 2.50. The van der Waals surface area contributed by atoms with Gasteiger partial charge in [-0.3, -0.25) is 4.79 Å². The second kappa shape index (κ2) is 4.28. The fourth-order valence-electron chi connectivity index (χ4n) is 4.99. The monoisotopic (exact) mass is 280 g/mol. The molecule has 0 bridgehead atoms. The molecule has 20 heavy (non-hydrogen) atoms. The number of hydrogen-bond donors (Lipinski definition) is 0. The van der Waals surface area contributed by atoms with Gasteiger partial charge in [0.15, 0.2) is 12.1 Å². The summed E-state index contributed by atoms with van der Waals surface area (Å²) in [6, 6.07) is 0. The molecule has 4 rings (SSSR count). The van der Waals surface area contributed by atoms with Crippen molar-refractivity contribution in [2.45, 2.75) is 70.7 Å². The van der Waals surface area contributed by atoms with E-state index in [0.29, 0.717) is 17.6 Å². The van der Waals surface area contributed by atoms with Crippen LogP contribution in [-0.2, 0) is 19.0 Å². The van der Waals surface area contributed by atoms with Crippen molar-refractivity contribution in [3.63, 3.8) is 0 Å². The van der Waals surface area contributed by atoms with E-state index in [0.717, 1.165) is 19.3 Å². The minimum absolute atomic E-state index is 0.0554. The number of fused-ring (bicyclic) bond motifs is 5. The molecule has 2 saturated carbocycles. The molecule has 0 N–H and O–H groups in total. The molecule has 2 aliphatic carbocycles. The van der Waals surface area contributed by atoms with Crippen LogP contribution < -0.4 is 0 Å². The van der Waals surface area contributed by atoms with Crippen molar-refractivity contribution in [1.29, 1.82) is 0 Å². The summed E-state index contributed by atoms with van der Waals surface area (Å²) in [6.07, 6.45) is 3.90. The molecule has 0 aromatic carbocycles. The van der Waals surface area contributed by atoms with Gasteiger partial charge in [0, 0.05) is 18.3 Å². The molecule has 0 radical (unpaired) electrons. The number of carbonyl (C=O) groups excluding carboxylic acids is 1. The maximum Gasteiger partial charge on any atom is 0.187 e. The van der Waals surface area contributed by atoms with Gasteiger partial charge in [-0.1, -0.05) is 6.92 Å². The molecule has 0 aromatic rings. The maximum absolute atomic E-state index is 12.6. The van der Waals surface area contributed by atoms with E-state index in [1.165, 1.54) is 6.42 Å². The summed E-state index contributed by atoms with van der Waals surface area (Å²) in [7, 11) is 0. The Bertz CT molecular complexity index is 432. The first kappa shape index (κ1) is 13.2. The van der Waals surface area contributed by atoms with Gasteiger partial charge in [0.1, 0.15) is 11.9 Å². The van der Waals surface area contributed by atoms with Crippen LogP contribution in [0.25, 0.3) is 0 Å². The van der Waals surface area contributed by atoms with E-state index in [1.54, 1.807) is 0 Å². The van der Waals surface area contributed by atoms with Crippen molar-refractivity contribution in [2.24, 2.45) is 23.7 Å². The topological polar surface area (TPSA) is 44.8 Å². The molecule has 2 saturated heterocycles. The van der Waals surface area contributed by atoms with Gasteiger partial charge in [-0.2, -0.15) is 0 Å². The van der Waals surface area contributed by atoms with E-state index in [1.807, 2.05) is 13.8 Å². The molecule has 4 aliphatic rings. The minimum atomic E-state index is -0.585. The van der Waals surface area contributed by atoms with Gasteiger partial charge in [-0.25, -0.2) is 0 Å². The van der Waals surface area contributed by atoms with Crippen molar-refractivity contribution in [2.75, 3.05) is 0 Å². The number of ketones is 1. The van der Waals surface area contributed by atoms with Gasteiger partial charge in [-0.15, -0.1) is 0 Å². The van der Waals surface area contributed by atoms with Crippen molar-refractivity contribution in [1.82, 2.24) is 0 Å². The van der Waals surface area contributed by atoms with Gasteiger partial charge < -0.3 is 14.2 Å². The molecule has 0 spiro atoms. The lowest BCUT2D eigenvalue weighted by atomic mass is 9.61. The van der Waals surface area contributed by atoms with Crippen LogP contribution in [0.5, 0.6) is 0 Å². The van der Waals surface area contributed by atoms with Gasteiger partial charge in [0.05, 0.1) is 6.10 Å². The third kappa shape index (κ3) is 1.88. The number of Topliss-reactive ketones (excluding diaryl/α,β-unsaturated/α-hetero) is 1. The summed E-state index contributed by atoms with van der Waals surface area (Å²) >= 11 is 0. The van der Waals surface area contributed by atoms with Gasteiger partial charge in [0.25, 0.3) is 0 Å². The van der Waals surface area contributed by atoms with Gasteiger partial charge >= 0.3 is 0 Å². The van der Waals surface area contributed by atoms with Crippen molar-refractivity contribution in [3.05, 3.63) is 0 Å². The van der Waals surface area contributed by atoms with Gasteiger partial charge in [0.2, 0.25) is 0 Å². The number of ether oxygens (including phenoxy) is 3. The normalized spacial score (nSPS) is 53.4. The Hall–Kier alpha value is -0.450. The van der Waals surface area contributed by atoms with Crippen molar-refractivity contribution >= 4 is 5.78 Å². The molecule has 4 nitrogen and oxygen atoms in total. The lowest BCUT2D eigenvalue weighted by molar-refractivity contribution is -0.218. The molecule has 7 atom stereocenters. The number of carbonyl (C=O) groups is 1. The zero-order valence-electron chi connectivity index (χ0n) is 12.5. The van der Waals surface area contributed by atoms with Crippen molar-refractivity contribution < 1.29 is 19.0 Å². The highest BCUT2D eigenvalue weighted by Gasteiger charge is 2.60. The quantitative estimate of drug-likeness (QED) is 0.684. The van der Waals surface area contributed by atoms with E-state index in [9.17, 15) is 4.79 Å². The highest BCUT2D eigenvalue weighted by molar-refractivity contribution is 5.83. The molecule has 0 amide bonds. The van der Waals surface area contributed by atoms with Crippen LogP contribution in [-0.4, -0.2) is 30.1 Å². The highest BCUT2D eigenvalue weighted by Crippen LogP contribution is 2.53. The molecule has 1 unspecified atom stereocenters. The molecule has 4 fully saturated rings. The fourth-order valence-corrected chi connectivity index (χ4v) is 4.99. The molecule has 2 aliphatic heterocycles. The van der Waals surface area contributed by atoms with Crippen LogP contribution in [0, 0.1) is 23.7 Å². The molecular formula is C16H24O4. The number of hydrogen-bond acceptors (Lipinski definition) is 4. The average molecular weight is 280 g/mol. The average Bonchev–Trinajstić information content (AvgIpc) is 2.80. The second-order valence-corrected chi connectivity index (χ2v) is 7.59. The first-order valence-electron chi connectivity index (χ1n) is 7.98. The van der Waals surface area contributed by atoms with Crippen LogP contribution in [0.4, 0.5) is 0 Å². The van der Waals surface area contributed by atoms with Crippen LogP contribution in [0.15, 0.2) is 0 Å². The van der Waals surface area contributed by atoms with E-state index in [2.05, 4.69) is 6.92 Å². The van der Waals surface area contributed by atoms with E-state index < -0.39 is 5.79 Å². The summed E-state index contributed by atoms with van der Waals surface area (Å²) < 4.78 is 18.0. The lowest BCUT2D eigenvalue weighted by Crippen LogP contribution is -2.48. The Morgan fingerprint density at radius 3 is 2.80 bits per heavy atom. The molecule has 2 heterocycles. The smallest absolute Gasteiger partial charge is 0.187 e. The second-order valence-electron chi connectivity index (χ2n) is 7.59. The first-order chi connectivity index (χ1) is 9.44. The largest absolute Gasteiger partial charge is 0.346 e. The zero-order valence-corrected chi connectivity index (χ0v) is 12.5. The minimum Gasteiger partial charge on any atom is -0.346 e. The van der Waals surface area contributed by atoms with Crippen molar-refractivity contribution in [3.8, 4) is 0 Å². The first-order valence-corrected chi connectivity index (χ1v) is 7.98. The molecule has 0 aromatic heterocycles. The van der Waals surface area contributed by atoms with E-state index in [4.69, 9.17) is 14.2 Å². The Balaban J connectivity index is 1.63. The third-order valence-corrected chi connectivity index (χ3v) is 5.58. The summed E-state index contributed by atoms with van der Waals surface area (Å²) in [5.74, 6) is 1.26. The maximum atomic E-state index is 12.6. The Morgan fingerprint density at radius 1 is 1.20 bits per heavy atom. The number of rotatable bonds is 0. The summed E-state index contributed by atoms with van der Waals surface area (Å²) in [4.78, 5) is 12.6. The molecule has 4 heteroatoms.